The molecule has 2 nitrogen and oxygen atoms in total. The third kappa shape index (κ3) is 4.24. The molecule has 0 aliphatic carbocycles. The molecule has 19 heavy (non-hydrogen) atoms. The Labute approximate surface area is 120 Å². The number of nitrogens with one attached hydrogen (secondary N) is 1. The number of benzene rings is 1. The quantitative estimate of drug-likeness (QED) is 0.833. The number of alkyl halides is 3. The molecule has 0 atom stereocenters. The molecule has 0 aliphatic heterocycles. The molecule has 0 radical (unpaired) electrons. The van der Waals surface area contributed by atoms with Gasteiger partial charge in [-0.25, -0.2) is 0 Å². The Morgan fingerprint density at radius 2 is 1.89 bits per heavy atom. The van der Waals surface area contributed by atoms with Gasteiger partial charge in [0.1, 0.15) is 0 Å². The molecule has 0 aromatic heterocycles. The van der Waals surface area contributed by atoms with Crippen molar-refractivity contribution in [2.24, 2.45) is 0 Å². The predicted octanol–water partition coefficient (Wildman–Crippen LogP) is 4.40. The summed E-state index contributed by atoms with van der Waals surface area (Å²) in [5.41, 5.74) is -0.602. The molecule has 0 amide bonds. The highest BCUT2D eigenvalue weighted by molar-refractivity contribution is 7.80. The summed E-state index contributed by atoms with van der Waals surface area (Å²) in [6.07, 6.45) is -4.48. The summed E-state index contributed by atoms with van der Waals surface area (Å²) in [6, 6.07) is 3.63. The van der Waals surface area contributed by atoms with Crippen molar-refractivity contribution in [3.05, 3.63) is 28.8 Å². The first-order chi connectivity index (χ1) is 8.79. The van der Waals surface area contributed by atoms with Crippen LogP contribution in [0.5, 0.6) is 0 Å². The lowest BCUT2D eigenvalue weighted by Crippen LogP contribution is -2.34. The van der Waals surface area contributed by atoms with Crippen LogP contribution in [-0.2, 0) is 6.18 Å². The van der Waals surface area contributed by atoms with Crippen LogP contribution in [0.15, 0.2) is 18.2 Å². The molecule has 0 aliphatic rings. The Balaban J connectivity index is 2.95. The van der Waals surface area contributed by atoms with Crippen molar-refractivity contribution in [3.8, 4) is 0 Å². The van der Waals surface area contributed by atoms with Gasteiger partial charge in [-0.2, -0.15) is 13.2 Å². The van der Waals surface area contributed by atoms with Crippen molar-refractivity contribution in [1.82, 2.24) is 4.90 Å². The summed E-state index contributed by atoms with van der Waals surface area (Å²) < 4.78 is 38.1. The minimum atomic E-state index is -4.48. The molecule has 1 aromatic rings. The van der Waals surface area contributed by atoms with Crippen molar-refractivity contribution in [2.75, 3.05) is 18.4 Å². The molecule has 7 heteroatoms. The molecular formula is C12H14ClF3N2S. The fourth-order valence-electron chi connectivity index (χ4n) is 1.53. The smallest absolute Gasteiger partial charge is 0.350 e. The van der Waals surface area contributed by atoms with Crippen molar-refractivity contribution < 1.29 is 13.2 Å². The summed E-state index contributed by atoms with van der Waals surface area (Å²) in [5.74, 6) is 0. The first-order valence-electron chi connectivity index (χ1n) is 5.72. The van der Waals surface area contributed by atoms with Crippen LogP contribution < -0.4 is 5.32 Å². The molecule has 0 heterocycles. The summed E-state index contributed by atoms with van der Waals surface area (Å²) in [6.45, 7) is 5.20. The van der Waals surface area contributed by atoms with E-state index in [0.717, 1.165) is 6.07 Å². The second-order valence-corrected chi connectivity index (χ2v) is 4.59. The summed E-state index contributed by atoms with van der Waals surface area (Å²) in [4.78, 5) is 1.83. The third-order valence-electron chi connectivity index (χ3n) is 2.57. The molecule has 0 spiro atoms. The van der Waals surface area contributed by atoms with E-state index in [1.807, 2.05) is 18.7 Å². The van der Waals surface area contributed by atoms with Crippen LogP contribution in [0.4, 0.5) is 18.9 Å². The normalized spacial score (nSPS) is 11.3. The highest BCUT2D eigenvalue weighted by atomic mass is 35.5. The summed E-state index contributed by atoms with van der Waals surface area (Å²) in [5, 5.41) is 2.84. The van der Waals surface area contributed by atoms with Crippen LogP contribution in [0.2, 0.25) is 5.02 Å². The van der Waals surface area contributed by atoms with Gasteiger partial charge >= 0.3 is 6.18 Å². The first kappa shape index (κ1) is 16.0. The lowest BCUT2D eigenvalue weighted by Gasteiger charge is -2.23. The Bertz CT molecular complexity index is 459. The van der Waals surface area contributed by atoms with E-state index in [1.54, 1.807) is 0 Å². The van der Waals surface area contributed by atoms with Crippen LogP contribution in [0.3, 0.4) is 0 Å². The fraction of sp³-hybridized carbons (Fsp3) is 0.417. The lowest BCUT2D eigenvalue weighted by molar-refractivity contribution is -0.137. The minimum absolute atomic E-state index is 0.272. The van der Waals surface area contributed by atoms with Gasteiger partial charge in [-0.1, -0.05) is 11.6 Å². The van der Waals surface area contributed by atoms with Gasteiger partial charge in [0.05, 0.1) is 10.6 Å². The van der Waals surface area contributed by atoms with Crippen molar-refractivity contribution in [1.29, 1.82) is 0 Å². The summed E-state index contributed by atoms with van der Waals surface area (Å²) in [7, 11) is 0. The van der Waals surface area contributed by atoms with Gasteiger partial charge in [0.15, 0.2) is 5.11 Å². The molecule has 0 saturated heterocycles. The Morgan fingerprint density at radius 3 is 2.37 bits per heavy atom. The van der Waals surface area contributed by atoms with Gasteiger partial charge in [0.2, 0.25) is 0 Å². The number of nitrogens with zero attached hydrogens (tertiary/aromatic N) is 1. The molecule has 1 aromatic carbocycles. The number of hydrogen-bond donors (Lipinski definition) is 1. The van der Waals surface area contributed by atoms with E-state index >= 15 is 0 Å². The highest BCUT2D eigenvalue weighted by Crippen LogP contribution is 2.36. The molecular weight excluding hydrogens is 297 g/mol. The zero-order valence-corrected chi connectivity index (χ0v) is 12.1. The molecule has 0 unspecified atom stereocenters. The zero-order valence-electron chi connectivity index (χ0n) is 10.5. The maximum Gasteiger partial charge on any atom is 0.417 e. The van der Waals surface area contributed by atoms with Gasteiger partial charge in [0.25, 0.3) is 0 Å². The SMILES string of the molecule is CCN(CC)C(=S)Nc1ccc(Cl)c(C(F)(F)F)c1. The minimum Gasteiger partial charge on any atom is -0.350 e. The van der Waals surface area contributed by atoms with E-state index in [-0.39, 0.29) is 10.7 Å². The van der Waals surface area contributed by atoms with Crippen LogP contribution in [-0.4, -0.2) is 23.1 Å². The van der Waals surface area contributed by atoms with Gasteiger partial charge in [-0.3, -0.25) is 0 Å². The van der Waals surface area contributed by atoms with Crippen LogP contribution in [0.1, 0.15) is 19.4 Å². The highest BCUT2D eigenvalue weighted by Gasteiger charge is 2.33. The van der Waals surface area contributed by atoms with Crippen molar-refractivity contribution in [3.63, 3.8) is 0 Å². The second kappa shape index (κ2) is 6.43. The molecule has 1 rings (SSSR count). The topological polar surface area (TPSA) is 15.3 Å². The molecule has 1 N–H and O–H groups in total. The summed E-state index contributed by atoms with van der Waals surface area (Å²) >= 11 is 10.7. The van der Waals surface area contributed by atoms with E-state index in [0.29, 0.717) is 18.2 Å². The van der Waals surface area contributed by atoms with E-state index in [9.17, 15) is 13.2 Å². The molecule has 0 fully saturated rings. The number of thiocarbonyl (C=S) groups is 1. The Morgan fingerprint density at radius 1 is 1.32 bits per heavy atom. The maximum atomic E-state index is 12.7. The maximum absolute atomic E-state index is 12.7. The standard InChI is InChI=1S/C12H14ClF3N2S/c1-3-18(4-2)11(19)17-8-5-6-10(13)9(7-8)12(14,15)16/h5-7H,3-4H2,1-2H3,(H,17,19). The molecule has 106 valence electrons. The van der Waals surface area contributed by atoms with Gasteiger partial charge in [-0.15, -0.1) is 0 Å². The van der Waals surface area contributed by atoms with Gasteiger partial charge in [-0.05, 0) is 44.3 Å². The first-order valence-corrected chi connectivity index (χ1v) is 6.50. The average Bonchev–Trinajstić information content (AvgIpc) is 2.31. The molecule has 0 bridgehead atoms. The van der Waals surface area contributed by atoms with E-state index in [4.69, 9.17) is 23.8 Å². The van der Waals surface area contributed by atoms with Gasteiger partial charge in [0, 0.05) is 18.8 Å². The number of hydrogen-bond acceptors (Lipinski definition) is 1. The van der Waals surface area contributed by atoms with Gasteiger partial charge < -0.3 is 10.2 Å². The Hall–Kier alpha value is -1.01. The monoisotopic (exact) mass is 310 g/mol. The average molecular weight is 311 g/mol. The van der Waals surface area contributed by atoms with Crippen LogP contribution in [0, 0.1) is 0 Å². The van der Waals surface area contributed by atoms with Crippen LogP contribution in [0.25, 0.3) is 0 Å². The zero-order chi connectivity index (χ0) is 14.6. The second-order valence-electron chi connectivity index (χ2n) is 3.79. The van der Waals surface area contributed by atoms with Crippen molar-refractivity contribution >= 4 is 34.6 Å². The van der Waals surface area contributed by atoms with Crippen LogP contribution >= 0.6 is 23.8 Å². The largest absolute Gasteiger partial charge is 0.417 e. The fourth-order valence-corrected chi connectivity index (χ4v) is 2.13. The number of halogens is 4. The van der Waals surface area contributed by atoms with E-state index in [1.165, 1.54) is 12.1 Å². The Kier molecular flexibility index (Phi) is 5.43. The third-order valence-corrected chi connectivity index (χ3v) is 3.26. The predicted molar refractivity (Wildman–Crippen MR) is 75.6 cm³/mol. The van der Waals surface area contributed by atoms with E-state index < -0.39 is 11.7 Å². The lowest BCUT2D eigenvalue weighted by atomic mass is 10.2. The van der Waals surface area contributed by atoms with Crippen molar-refractivity contribution in [2.45, 2.75) is 20.0 Å². The number of rotatable bonds is 3. The molecule has 0 saturated carbocycles. The van der Waals surface area contributed by atoms with E-state index in [2.05, 4.69) is 5.32 Å². The number of anilines is 1.